The standard InChI is InChI=1S/C15H18BrNO3/c1-9(10-4-2-5-11(16)8-10)17-14(18)12-6-3-7-13(12)15(19)20/h2,4-5,8-9,12-13H,3,6-7H2,1H3,(H,17,18)(H,19,20). The zero-order valence-corrected chi connectivity index (χ0v) is 12.9. The molecule has 2 rings (SSSR count). The van der Waals surface area contributed by atoms with Crippen LogP contribution < -0.4 is 5.32 Å². The van der Waals surface area contributed by atoms with E-state index in [9.17, 15) is 9.59 Å². The molecule has 0 aliphatic heterocycles. The fourth-order valence-electron chi connectivity index (χ4n) is 2.75. The number of aliphatic carboxylic acids is 1. The Morgan fingerprint density at radius 3 is 2.70 bits per heavy atom. The van der Waals surface area contributed by atoms with Crippen LogP contribution in [0.4, 0.5) is 0 Å². The molecule has 1 aromatic carbocycles. The maximum atomic E-state index is 12.2. The first kappa shape index (κ1) is 15.0. The van der Waals surface area contributed by atoms with E-state index < -0.39 is 17.8 Å². The van der Waals surface area contributed by atoms with Gasteiger partial charge in [-0.05, 0) is 37.5 Å². The Bertz CT molecular complexity index is 518. The number of hydrogen-bond acceptors (Lipinski definition) is 2. The van der Waals surface area contributed by atoms with Gasteiger partial charge in [-0.25, -0.2) is 0 Å². The summed E-state index contributed by atoms with van der Waals surface area (Å²) in [6, 6.07) is 7.61. The number of carbonyl (C=O) groups excluding carboxylic acids is 1. The highest BCUT2D eigenvalue weighted by Crippen LogP contribution is 2.32. The van der Waals surface area contributed by atoms with Gasteiger partial charge in [-0.2, -0.15) is 0 Å². The average Bonchev–Trinajstić information content (AvgIpc) is 2.88. The van der Waals surface area contributed by atoms with Crippen molar-refractivity contribution in [2.75, 3.05) is 0 Å². The molecule has 3 unspecified atom stereocenters. The molecule has 1 amide bonds. The zero-order chi connectivity index (χ0) is 14.7. The molecule has 0 radical (unpaired) electrons. The number of carboxylic acids is 1. The molecule has 2 N–H and O–H groups in total. The third kappa shape index (κ3) is 3.39. The van der Waals surface area contributed by atoms with Crippen LogP contribution >= 0.6 is 15.9 Å². The van der Waals surface area contributed by atoms with E-state index >= 15 is 0 Å². The average molecular weight is 340 g/mol. The quantitative estimate of drug-likeness (QED) is 0.885. The highest BCUT2D eigenvalue weighted by Gasteiger charge is 2.38. The molecular formula is C15H18BrNO3. The van der Waals surface area contributed by atoms with E-state index in [0.717, 1.165) is 16.5 Å². The van der Waals surface area contributed by atoms with Gasteiger partial charge in [-0.1, -0.05) is 34.5 Å². The lowest BCUT2D eigenvalue weighted by Gasteiger charge is -2.20. The summed E-state index contributed by atoms with van der Waals surface area (Å²) in [7, 11) is 0. The molecule has 0 spiro atoms. The summed E-state index contributed by atoms with van der Waals surface area (Å²) in [5.41, 5.74) is 0.998. The Hall–Kier alpha value is -1.36. The van der Waals surface area contributed by atoms with Gasteiger partial charge in [-0.15, -0.1) is 0 Å². The molecule has 0 bridgehead atoms. The highest BCUT2D eigenvalue weighted by atomic mass is 79.9. The van der Waals surface area contributed by atoms with Crippen LogP contribution in [0.2, 0.25) is 0 Å². The fourth-order valence-corrected chi connectivity index (χ4v) is 3.17. The number of nitrogens with one attached hydrogen (secondary N) is 1. The molecule has 0 aromatic heterocycles. The van der Waals surface area contributed by atoms with Gasteiger partial charge in [0.1, 0.15) is 0 Å². The van der Waals surface area contributed by atoms with E-state index in [1.54, 1.807) is 0 Å². The molecule has 1 aromatic rings. The van der Waals surface area contributed by atoms with Crippen LogP contribution in [0.5, 0.6) is 0 Å². The number of halogens is 1. The molecule has 0 saturated heterocycles. The molecule has 1 saturated carbocycles. The Labute approximate surface area is 126 Å². The largest absolute Gasteiger partial charge is 0.481 e. The maximum absolute atomic E-state index is 12.2. The van der Waals surface area contributed by atoms with E-state index in [-0.39, 0.29) is 11.9 Å². The van der Waals surface area contributed by atoms with Crippen molar-refractivity contribution >= 4 is 27.8 Å². The SMILES string of the molecule is CC(NC(=O)C1CCCC1C(=O)O)c1cccc(Br)c1. The highest BCUT2D eigenvalue weighted by molar-refractivity contribution is 9.10. The van der Waals surface area contributed by atoms with E-state index in [1.807, 2.05) is 31.2 Å². The predicted octanol–water partition coefficient (Wildman–Crippen LogP) is 3.13. The van der Waals surface area contributed by atoms with Crippen molar-refractivity contribution in [2.45, 2.75) is 32.2 Å². The van der Waals surface area contributed by atoms with E-state index in [4.69, 9.17) is 5.11 Å². The third-order valence-electron chi connectivity index (χ3n) is 3.88. The smallest absolute Gasteiger partial charge is 0.307 e. The van der Waals surface area contributed by atoms with E-state index in [2.05, 4.69) is 21.2 Å². The predicted molar refractivity (Wildman–Crippen MR) is 79.2 cm³/mol. The normalized spacial score (nSPS) is 23.3. The second-order valence-corrected chi connectivity index (χ2v) is 6.18. The molecule has 108 valence electrons. The lowest BCUT2D eigenvalue weighted by atomic mass is 9.94. The first-order chi connectivity index (χ1) is 9.49. The summed E-state index contributed by atoms with van der Waals surface area (Å²) < 4.78 is 0.959. The van der Waals surface area contributed by atoms with Gasteiger partial charge in [0.15, 0.2) is 0 Å². The van der Waals surface area contributed by atoms with Gasteiger partial charge in [-0.3, -0.25) is 9.59 Å². The number of benzene rings is 1. The Balaban J connectivity index is 2.02. The minimum atomic E-state index is -0.863. The van der Waals surface area contributed by atoms with Gasteiger partial charge >= 0.3 is 5.97 Å². The molecule has 4 nitrogen and oxygen atoms in total. The van der Waals surface area contributed by atoms with Crippen molar-refractivity contribution in [2.24, 2.45) is 11.8 Å². The Morgan fingerprint density at radius 1 is 1.35 bits per heavy atom. The van der Waals surface area contributed by atoms with Crippen LogP contribution in [0.25, 0.3) is 0 Å². The number of rotatable bonds is 4. The van der Waals surface area contributed by atoms with Crippen LogP contribution in [-0.2, 0) is 9.59 Å². The molecule has 20 heavy (non-hydrogen) atoms. The molecule has 0 heterocycles. The van der Waals surface area contributed by atoms with E-state index in [1.165, 1.54) is 0 Å². The van der Waals surface area contributed by atoms with Crippen molar-refractivity contribution in [3.63, 3.8) is 0 Å². The van der Waals surface area contributed by atoms with Gasteiger partial charge in [0.05, 0.1) is 17.9 Å². The van der Waals surface area contributed by atoms with Crippen molar-refractivity contribution in [1.29, 1.82) is 0 Å². The topological polar surface area (TPSA) is 66.4 Å². The van der Waals surface area contributed by atoms with Crippen LogP contribution in [0, 0.1) is 11.8 Å². The van der Waals surface area contributed by atoms with Crippen molar-refractivity contribution in [3.8, 4) is 0 Å². The number of carbonyl (C=O) groups is 2. The first-order valence-electron chi connectivity index (χ1n) is 6.77. The molecule has 3 atom stereocenters. The zero-order valence-electron chi connectivity index (χ0n) is 11.3. The summed E-state index contributed by atoms with van der Waals surface area (Å²) in [5, 5.41) is 12.1. The monoisotopic (exact) mass is 339 g/mol. The lowest BCUT2D eigenvalue weighted by Crippen LogP contribution is -2.36. The summed E-state index contributed by atoms with van der Waals surface area (Å²) in [6.07, 6.45) is 2.06. The van der Waals surface area contributed by atoms with Crippen molar-refractivity contribution in [1.82, 2.24) is 5.32 Å². The first-order valence-corrected chi connectivity index (χ1v) is 7.57. The third-order valence-corrected chi connectivity index (χ3v) is 4.37. The second-order valence-electron chi connectivity index (χ2n) is 5.27. The summed E-state index contributed by atoms with van der Waals surface area (Å²) in [4.78, 5) is 23.4. The summed E-state index contributed by atoms with van der Waals surface area (Å²) in [5.74, 6) is -1.95. The van der Waals surface area contributed by atoms with Crippen molar-refractivity contribution in [3.05, 3.63) is 34.3 Å². The second kappa shape index (κ2) is 6.39. The van der Waals surface area contributed by atoms with Crippen LogP contribution in [0.15, 0.2) is 28.7 Å². The summed E-state index contributed by atoms with van der Waals surface area (Å²) >= 11 is 3.40. The van der Waals surface area contributed by atoms with Crippen LogP contribution in [0.3, 0.4) is 0 Å². The Kier molecular flexibility index (Phi) is 4.81. The lowest BCUT2D eigenvalue weighted by molar-refractivity contribution is -0.146. The minimum Gasteiger partial charge on any atom is -0.481 e. The molecular weight excluding hydrogens is 322 g/mol. The van der Waals surface area contributed by atoms with Crippen LogP contribution in [-0.4, -0.2) is 17.0 Å². The maximum Gasteiger partial charge on any atom is 0.307 e. The van der Waals surface area contributed by atoms with Gasteiger partial charge in [0, 0.05) is 4.47 Å². The molecule has 1 fully saturated rings. The van der Waals surface area contributed by atoms with Gasteiger partial charge in [0.2, 0.25) is 5.91 Å². The molecule has 1 aliphatic rings. The van der Waals surface area contributed by atoms with Crippen molar-refractivity contribution < 1.29 is 14.7 Å². The summed E-state index contributed by atoms with van der Waals surface area (Å²) in [6.45, 7) is 1.91. The minimum absolute atomic E-state index is 0.130. The number of amides is 1. The van der Waals surface area contributed by atoms with Gasteiger partial charge in [0.25, 0.3) is 0 Å². The Morgan fingerprint density at radius 2 is 2.05 bits per heavy atom. The number of hydrogen-bond donors (Lipinski definition) is 2. The molecule has 1 aliphatic carbocycles. The molecule has 5 heteroatoms. The fraction of sp³-hybridized carbons (Fsp3) is 0.467. The van der Waals surface area contributed by atoms with E-state index in [0.29, 0.717) is 12.8 Å². The van der Waals surface area contributed by atoms with Gasteiger partial charge < -0.3 is 10.4 Å². The number of carboxylic acid groups (broad SMARTS) is 1. The van der Waals surface area contributed by atoms with Crippen LogP contribution in [0.1, 0.15) is 37.8 Å².